The first-order valence-corrected chi connectivity index (χ1v) is 8.81. The lowest BCUT2D eigenvalue weighted by Crippen LogP contribution is -2.11. The number of fused-ring (bicyclic) bond motifs is 2. The molecule has 0 atom stereocenters. The molecule has 5 heteroatoms. The van der Waals surface area contributed by atoms with Crippen LogP contribution in [0.5, 0.6) is 0 Å². The van der Waals surface area contributed by atoms with Gasteiger partial charge >= 0.3 is 0 Å². The highest BCUT2D eigenvalue weighted by Gasteiger charge is 2.16. The topological polar surface area (TPSA) is 62.7 Å². The Hall–Kier alpha value is -3.34. The van der Waals surface area contributed by atoms with Crippen LogP contribution in [-0.2, 0) is 13.0 Å². The van der Waals surface area contributed by atoms with Crippen molar-refractivity contribution >= 4 is 22.5 Å². The molecule has 26 heavy (non-hydrogen) atoms. The minimum atomic E-state index is -0.105. The fourth-order valence-corrected chi connectivity index (χ4v) is 3.61. The van der Waals surface area contributed by atoms with E-state index in [2.05, 4.69) is 19.9 Å². The number of nitrogens with one attached hydrogen (secondary N) is 2. The zero-order valence-corrected chi connectivity index (χ0v) is 14.2. The number of amides is 1. The standard InChI is InChI=1S/C21H18N4O/c26-21(16-5-8-18-15(12-16)9-10-22-18)24-17-6-3-14(4-7-17)19-13-23-20-2-1-11-25(19)20/h3-10,12-13,22H,1-2,11H2,(H,24,26). The zero-order chi connectivity index (χ0) is 17.5. The van der Waals surface area contributed by atoms with E-state index < -0.39 is 0 Å². The van der Waals surface area contributed by atoms with Crippen molar-refractivity contribution in [1.29, 1.82) is 0 Å². The molecule has 2 aromatic heterocycles. The Morgan fingerprint density at radius 2 is 2.00 bits per heavy atom. The number of H-pyrrole nitrogens is 1. The van der Waals surface area contributed by atoms with Gasteiger partial charge in [-0.3, -0.25) is 4.79 Å². The van der Waals surface area contributed by atoms with Gasteiger partial charge < -0.3 is 14.9 Å². The molecule has 1 amide bonds. The van der Waals surface area contributed by atoms with E-state index in [1.54, 1.807) is 0 Å². The maximum atomic E-state index is 12.5. The van der Waals surface area contributed by atoms with E-state index in [0.717, 1.165) is 53.1 Å². The number of anilines is 1. The van der Waals surface area contributed by atoms with Crippen LogP contribution in [0.15, 0.2) is 60.9 Å². The third-order valence-corrected chi connectivity index (χ3v) is 4.97. The van der Waals surface area contributed by atoms with Crippen LogP contribution >= 0.6 is 0 Å². The number of imidazole rings is 1. The Balaban J connectivity index is 1.36. The van der Waals surface area contributed by atoms with Crippen LogP contribution in [0.1, 0.15) is 22.6 Å². The third-order valence-electron chi connectivity index (χ3n) is 4.97. The van der Waals surface area contributed by atoms with Gasteiger partial charge in [-0.1, -0.05) is 12.1 Å². The first-order chi connectivity index (χ1) is 12.8. The molecule has 4 aromatic rings. The van der Waals surface area contributed by atoms with Crippen LogP contribution in [0, 0.1) is 0 Å². The van der Waals surface area contributed by atoms with Gasteiger partial charge in [0.15, 0.2) is 0 Å². The number of carbonyl (C=O) groups is 1. The van der Waals surface area contributed by atoms with Crippen LogP contribution in [0.4, 0.5) is 5.69 Å². The minimum absolute atomic E-state index is 0.105. The van der Waals surface area contributed by atoms with E-state index in [9.17, 15) is 4.79 Å². The maximum Gasteiger partial charge on any atom is 0.255 e. The molecular weight excluding hydrogens is 324 g/mol. The first kappa shape index (κ1) is 15.0. The largest absolute Gasteiger partial charge is 0.361 e. The highest BCUT2D eigenvalue weighted by Crippen LogP contribution is 2.26. The Morgan fingerprint density at radius 1 is 1.12 bits per heavy atom. The lowest BCUT2D eigenvalue weighted by Gasteiger charge is -2.08. The van der Waals surface area contributed by atoms with Crippen molar-refractivity contribution < 1.29 is 4.79 Å². The molecule has 0 spiro atoms. The molecule has 5 rings (SSSR count). The minimum Gasteiger partial charge on any atom is -0.361 e. The number of carbonyl (C=O) groups excluding carboxylic acids is 1. The molecule has 1 aliphatic rings. The molecule has 2 N–H and O–H groups in total. The number of hydrogen-bond donors (Lipinski definition) is 2. The van der Waals surface area contributed by atoms with Crippen LogP contribution in [0.25, 0.3) is 22.2 Å². The molecule has 0 saturated heterocycles. The van der Waals surface area contributed by atoms with Gasteiger partial charge in [-0.2, -0.15) is 0 Å². The van der Waals surface area contributed by atoms with Crippen molar-refractivity contribution in [3.63, 3.8) is 0 Å². The Labute approximate surface area is 150 Å². The molecule has 3 heterocycles. The molecule has 0 aliphatic carbocycles. The van der Waals surface area contributed by atoms with E-state index in [-0.39, 0.29) is 5.91 Å². The van der Waals surface area contributed by atoms with E-state index >= 15 is 0 Å². The van der Waals surface area contributed by atoms with Gasteiger partial charge in [0.2, 0.25) is 0 Å². The molecule has 0 radical (unpaired) electrons. The summed E-state index contributed by atoms with van der Waals surface area (Å²) in [6.45, 7) is 1.03. The van der Waals surface area contributed by atoms with Crippen molar-refractivity contribution in [3.8, 4) is 11.3 Å². The average molecular weight is 342 g/mol. The summed E-state index contributed by atoms with van der Waals surface area (Å²) < 4.78 is 2.28. The molecule has 0 bridgehead atoms. The lowest BCUT2D eigenvalue weighted by molar-refractivity contribution is 0.102. The van der Waals surface area contributed by atoms with Gasteiger partial charge in [-0.15, -0.1) is 0 Å². The Kier molecular flexibility index (Phi) is 3.38. The molecule has 2 aromatic carbocycles. The van der Waals surface area contributed by atoms with Gasteiger partial charge in [-0.05, 0) is 48.4 Å². The van der Waals surface area contributed by atoms with Crippen LogP contribution in [0.2, 0.25) is 0 Å². The fourth-order valence-electron chi connectivity index (χ4n) is 3.61. The van der Waals surface area contributed by atoms with Crippen LogP contribution in [-0.4, -0.2) is 20.4 Å². The van der Waals surface area contributed by atoms with Gasteiger partial charge in [0, 0.05) is 41.3 Å². The predicted octanol–water partition coefficient (Wildman–Crippen LogP) is 4.23. The van der Waals surface area contributed by atoms with Gasteiger partial charge in [0.25, 0.3) is 5.91 Å². The summed E-state index contributed by atoms with van der Waals surface area (Å²) in [7, 11) is 0. The second-order valence-corrected chi connectivity index (χ2v) is 6.63. The molecule has 5 nitrogen and oxygen atoms in total. The van der Waals surface area contributed by atoms with Gasteiger partial charge in [0.1, 0.15) is 5.82 Å². The molecular formula is C21H18N4O. The van der Waals surface area contributed by atoms with E-state index in [1.165, 1.54) is 0 Å². The van der Waals surface area contributed by atoms with E-state index in [0.29, 0.717) is 5.56 Å². The van der Waals surface area contributed by atoms with Crippen LogP contribution < -0.4 is 5.32 Å². The maximum absolute atomic E-state index is 12.5. The number of nitrogens with zero attached hydrogens (tertiary/aromatic N) is 2. The number of benzene rings is 2. The summed E-state index contributed by atoms with van der Waals surface area (Å²) in [6, 6.07) is 15.6. The fraction of sp³-hybridized carbons (Fsp3) is 0.143. The SMILES string of the molecule is O=C(Nc1ccc(-c2cnc3n2CCC3)cc1)c1ccc2[nH]ccc2c1. The van der Waals surface area contributed by atoms with E-state index in [1.807, 2.05) is 60.9 Å². The number of aromatic amines is 1. The van der Waals surface area contributed by atoms with Crippen LogP contribution in [0.3, 0.4) is 0 Å². The number of rotatable bonds is 3. The summed E-state index contributed by atoms with van der Waals surface area (Å²) in [5.74, 6) is 1.06. The molecule has 0 saturated carbocycles. The Morgan fingerprint density at radius 3 is 2.88 bits per heavy atom. The number of aromatic nitrogens is 3. The quantitative estimate of drug-likeness (QED) is 0.585. The highest BCUT2D eigenvalue weighted by molar-refractivity contribution is 6.06. The zero-order valence-electron chi connectivity index (χ0n) is 14.2. The van der Waals surface area contributed by atoms with Crippen molar-refractivity contribution in [2.45, 2.75) is 19.4 Å². The van der Waals surface area contributed by atoms with Crippen molar-refractivity contribution in [2.75, 3.05) is 5.32 Å². The molecule has 0 unspecified atom stereocenters. The summed E-state index contributed by atoms with van der Waals surface area (Å²) in [5.41, 5.74) is 4.73. The average Bonchev–Trinajstić information content (AvgIpc) is 3.38. The summed E-state index contributed by atoms with van der Waals surface area (Å²) in [4.78, 5) is 20.1. The van der Waals surface area contributed by atoms with Gasteiger partial charge in [0.05, 0.1) is 11.9 Å². The number of hydrogen-bond acceptors (Lipinski definition) is 2. The van der Waals surface area contributed by atoms with Crippen molar-refractivity contribution in [3.05, 3.63) is 72.3 Å². The van der Waals surface area contributed by atoms with Crippen molar-refractivity contribution in [1.82, 2.24) is 14.5 Å². The first-order valence-electron chi connectivity index (χ1n) is 8.81. The van der Waals surface area contributed by atoms with E-state index in [4.69, 9.17) is 0 Å². The lowest BCUT2D eigenvalue weighted by atomic mass is 10.1. The normalized spacial score (nSPS) is 13.1. The second-order valence-electron chi connectivity index (χ2n) is 6.63. The summed E-state index contributed by atoms with van der Waals surface area (Å²) in [5, 5.41) is 4.00. The second kappa shape index (κ2) is 5.88. The summed E-state index contributed by atoms with van der Waals surface area (Å²) in [6.07, 6.45) is 6.03. The highest BCUT2D eigenvalue weighted by atomic mass is 16.1. The summed E-state index contributed by atoms with van der Waals surface area (Å²) >= 11 is 0. The Bertz CT molecular complexity index is 1100. The molecule has 128 valence electrons. The molecule has 1 aliphatic heterocycles. The van der Waals surface area contributed by atoms with Crippen molar-refractivity contribution in [2.24, 2.45) is 0 Å². The smallest absolute Gasteiger partial charge is 0.255 e. The third kappa shape index (κ3) is 2.49. The molecule has 0 fully saturated rings. The number of aryl methyl sites for hydroxylation is 1. The van der Waals surface area contributed by atoms with Gasteiger partial charge in [-0.25, -0.2) is 4.98 Å². The predicted molar refractivity (Wildman–Crippen MR) is 102 cm³/mol. The monoisotopic (exact) mass is 342 g/mol.